The normalized spacial score (nSPS) is 16.4. The van der Waals surface area contributed by atoms with E-state index in [0.29, 0.717) is 40.2 Å². The molecule has 0 unspecified atom stereocenters. The summed E-state index contributed by atoms with van der Waals surface area (Å²) in [6, 6.07) is 20.6. The maximum atomic E-state index is 13.7. The molecule has 1 amide bonds. The molecule has 0 N–H and O–H groups in total. The molecule has 234 valence electrons. The van der Waals surface area contributed by atoms with Crippen LogP contribution in [0.2, 0.25) is 0 Å². The summed E-state index contributed by atoms with van der Waals surface area (Å²) in [5.74, 6) is 2.02. The number of carbonyl (C=O) groups excluding carboxylic acids is 1. The highest BCUT2D eigenvalue weighted by atomic mass is 32.2. The summed E-state index contributed by atoms with van der Waals surface area (Å²) >= 11 is 6.95. The van der Waals surface area contributed by atoms with Crippen LogP contribution in [0.4, 0.5) is 5.82 Å². The lowest BCUT2D eigenvalue weighted by Gasteiger charge is -2.36. The molecular weight excluding hydrogens is 601 g/mol. The van der Waals surface area contributed by atoms with Crippen molar-refractivity contribution >= 4 is 46.1 Å². The second kappa shape index (κ2) is 14.9. The van der Waals surface area contributed by atoms with Crippen molar-refractivity contribution in [2.45, 2.75) is 58.9 Å². The fourth-order valence-electron chi connectivity index (χ4n) is 6.16. The first-order valence-corrected chi connectivity index (χ1v) is 16.9. The van der Waals surface area contributed by atoms with E-state index in [1.54, 1.807) is 16.6 Å². The van der Waals surface area contributed by atoms with Gasteiger partial charge >= 0.3 is 0 Å². The van der Waals surface area contributed by atoms with Gasteiger partial charge in [0.05, 0.1) is 12.0 Å². The van der Waals surface area contributed by atoms with Crippen LogP contribution in [0.3, 0.4) is 0 Å². The highest BCUT2D eigenvalue weighted by Gasteiger charge is 2.33. The quantitative estimate of drug-likeness (QED) is 0.170. The third kappa shape index (κ3) is 7.34. The number of piperidine rings is 1. The topological polar surface area (TPSA) is 78.6 Å². The molecule has 2 aliphatic heterocycles. The molecule has 7 nitrogen and oxygen atoms in total. The number of carbonyl (C=O) groups is 1. The Kier molecular flexibility index (Phi) is 10.8. The Bertz CT molecular complexity index is 1670. The number of methoxy groups -OCH3 is 1. The fraction of sp³-hybridized carbons (Fsp3) is 0.389. The lowest BCUT2D eigenvalue weighted by atomic mass is 9.90. The van der Waals surface area contributed by atoms with Gasteiger partial charge in [0, 0.05) is 31.7 Å². The number of pyridine rings is 1. The first kappa shape index (κ1) is 32.5. The van der Waals surface area contributed by atoms with Crippen molar-refractivity contribution in [3.05, 3.63) is 97.7 Å². The van der Waals surface area contributed by atoms with Gasteiger partial charge < -0.3 is 9.64 Å². The van der Waals surface area contributed by atoms with Gasteiger partial charge in [-0.1, -0.05) is 79.8 Å². The third-order valence-electron chi connectivity index (χ3n) is 8.80. The molecule has 2 fully saturated rings. The van der Waals surface area contributed by atoms with Crippen LogP contribution in [-0.2, 0) is 24.2 Å². The molecule has 2 aliphatic rings. The fourth-order valence-corrected chi connectivity index (χ4v) is 7.45. The zero-order valence-corrected chi connectivity index (χ0v) is 27.9. The van der Waals surface area contributed by atoms with E-state index in [9.17, 15) is 14.9 Å². The molecule has 1 aromatic heterocycles. The van der Waals surface area contributed by atoms with Crippen molar-refractivity contribution in [3.8, 4) is 11.8 Å². The number of ether oxygens (including phenoxy) is 1. The predicted molar refractivity (Wildman–Crippen MR) is 187 cm³/mol. The van der Waals surface area contributed by atoms with Crippen LogP contribution in [0, 0.1) is 24.2 Å². The van der Waals surface area contributed by atoms with Gasteiger partial charge in [0.15, 0.2) is 0 Å². The third-order valence-corrected chi connectivity index (χ3v) is 10.2. The highest BCUT2D eigenvalue weighted by Crippen LogP contribution is 2.37. The molecule has 9 heteroatoms. The number of hydrogen-bond donors (Lipinski definition) is 0. The van der Waals surface area contributed by atoms with E-state index in [-0.39, 0.29) is 17.0 Å². The van der Waals surface area contributed by atoms with Crippen LogP contribution in [0.1, 0.15) is 60.4 Å². The molecule has 45 heavy (non-hydrogen) atoms. The van der Waals surface area contributed by atoms with Crippen molar-refractivity contribution < 1.29 is 9.53 Å². The number of thioether (sulfide) groups is 1. The van der Waals surface area contributed by atoms with Gasteiger partial charge in [-0.3, -0.25) is 19.1 Å². The minimum atomic E-state index is -0.256. The summed E-state index contributed by atoms with van der Waals surface area (Å²) < 4.78 is 7.55. The first-order valence-electron chi connectivity index (χ1n) is 15.7. The lowest BCUT2D eigenvalue weighted by molar-refractivity contribution is -0.122. The van der Waals surface area contributed by atoms with Crippen molar-refractivity contribution in [2.24, 2.45) is 5.92 Å². The van der Waals surface area contributed by atoms with Gasteiger partial charge in [0.2, 0.25) is 0 Å². The van der Waals surface area contributed by atoms with Crippen molar-refractivity contribution in [2.75, 3.05) is 31.6 Å². The number of nitrogens with zero attached hydrogens (tertiary/aromatic N) is 4. The van der Waals surface area contributed by atoms with Crippen molar-refractivity contribution in [3.63, 3.8) is 0 Å². The summed E-state index contributed by atoms with van der Waals surface area (Å²) in [5.41, 5.74) is 3.69. The second-order valence-electron chi connectivity index (χ2n) is 11.7. The lowest BCUT2D eigenvalue weighted by Crippen LogP contribution is -2.40. The van der Waals surface area contributed by atoms with Gasteiger partial charge in [-0.05, 0) is 79.8 Å². The average Bonchev–Trinajstić information content (AvgIpc) is 3.33. The minimum Gasteiger partial charge on any atom is -0.497 e. The van der Waals surface area contributed by atoms with E-state index in [2.05, 4.69) is 42.2 Å². The number of nitriles is 1. The average molecular weight is 641 g/mol. The molecule has 5 rings (SSSR count). The SMILES string of the molecule is CCCCn1c(N2CCC(Cc3ccccc3)CC2)c(/C=C2/SC(=S)N(CCc3ccc(OC)cc3)C2=O)c(C)c(C#N)c1=O. The Morgan fingerprint density at radius 1 is 1.04 bits per heavy atom. The number of rotatable bonds is 11. The van der Waals surface area contributed by atoms with E-state index >= 15 is 0 Å². The van der Waals surface area contributed by atoms with Gasteiger partial charge in [0.1, 0.15) is 27.5 Å². The van der Waals surface area contributed by atoms with E-state index in [1.165, 1.54) is 17.3 Å². The summed E-state index contributed by atoms with van der Waals surface area (Å²) in [5, 5.41) is 10.1. The van der Waals surface area contributed by atoms with Crippen molar-refractivity contribution in [1.29, 1.82) is 5.26 Å². The second-order valence-corrected chi connectivity index (χ2v) is 13.4. The van der Waals surface area contributed by atoms with E-state index < -0.39 is 0 Å². The Morgan fingerprint density at radius 2 is 1.76 bits per heavy atom. The number of benzene rings is 2. The number of hydrogen-bond acceptors (Lipinski definition) is 7. The maximum absolute atomic E-state index is 13.7. The van der Waals surface area contributed by atoms with E-state index in [4.69, 9.17) is 17.0 Å². The van der Waals surface area contributed by atoms with Crippen LogP contribution < -0.4 is 15.2 Å². The molecule has 2 aromatic carbocycles. The van der Waals surface area contributed by atoms with Crippen LogP contribution in [0.15, 0.2) is 64.3 Å². The van der Waals surface area contributed by atoms with Gasteiger partial charge in [-0.25, -0.2) is 0 Å². The Hall–Kier alpha value is -3.87. The number of thiocarbonyl (C=S) groups is 1. The standard InChI is InChI=1S/C36H40N4O3S2/c1-4-5-18-39-33(38-19-15-28(16-20-38)22-27-9-7-6-8-10-27)30(25(2)31(24-37)34(39)41)23-32-35(42)40(36(44)45-32)21-17-26-11-13-29(43-3)14-12-26/h6-14,23,28H,4-5,15-22H2,1-3H3/b32-23+. The summed E-state index contributed by atoms with van der Waals surface area (Å²) in [6.45, 7) is 6.52. The molecular formula is C36H40N4O3S2. The smallest absolute Gasteiger partial charge is 0.270 e. The maximum Gasteiger partial charge on any atom is 0.270 e. The molecule has 3 heterocycles. The Balaban J connectivity index is 1.45. The van der Waals surface area contributed by atoms with E-state index in [1.807, 2.05) is 43.3 Å². The monoisotopic (exact) mass is 640 g/mol. The van der Waals surface area contributed by atoms with Crippen LogP contribution in [-0.4, -0.2) is 46.4 Å². The molecule has 0 bridgehead atoms. The number of unbranched alkanes of at least 4 members (excludes halogenated alkanes) is 1. The number of amides is 1. The molecule has 3 aromatic rings. The molecule has 0 radical (unpaired) electrons. The molecule has 0 aliphatic carbocycles. The molecule has 2 saturated heterocycles. The predicted octanol–water partition coefficient (Wildman–Crippen LogP) is 6.74. The number of aromatic nitrogens is 1. The zero-order chi connectivity index (χ0) is 31.9. The summed E-state index contributed by atoms with van der Waals surface area (Å²) in [6.07, 6.45) is 7.31. The molecule has 0 spiro atoms. The molecule has 0 saturated carbocycles. The first-order chi connectivity index (χ1) is 21.8. The van der Waals surface area contributed by atoms with Crippen LogP contribution in [0.5, 0.6) is 5.75 Å². The highest BCUT2D eigenvalue weighted by molar-refractivity contribution is 8.26. The van der Waals surface area contributed by atoms with E-state index in [0.717, 1.165) is 67.9 Å². The Labute approximate surface area is 275 Å². The van der Waals surface area contributed by atoms with Gasteiger partial charge in [0.25, 0.3) is 11.5 Å². The van der Waals surface area contributed by atoms with Crippen LogP contribution in [0.25, 0.3) is 6.08 Å². The summed E-state index contributed by atoms with van der Waals surface area (Å²) in [4.78, 5) is 31.9. The molecule has 0 atom stereocenters. The van der Waals surface area contributed by atoms with Crippen molar-refractivity contribution in [1.82, 2.24) is 9.47 Å². The van der Waals surface area contributed by atoms with Gasteiger partial charge in [-0.15, -0.1) is 0 Å². The van der Waals surface area contributed by atoms with Crippen LogP contribution >= 0.6 is 24.0 Å². The minimum absolute atomic E-state index is 0.134. The number of anilines is 1. The summed E-state index contributed by atoms with van der Waals surface area (Å²) in [7, 11) is 1.64. The van der Waals surface area contributed by atoms with Gasteiger partial charge in [-0.2, -0.15) is 5.26 Å². The largest absolute Gasteiger partial charge is 0.497 e. The Morgan fingerprint density at radius 3 is 2.40 bits per heavy atom. The zero-order valence-electron chi connectivity index (χ0n) is 26.3.